The van der Waals surface area contributed by atoms with Crippen LogP contribution in [-0.4, -0.2) is 17.2 Å². The third-order valence-corrected chi connectivity index (χ3v) is 4.51. The minimum Gasteiger partial charge on any atom is -0.447 e. The first-order valence-corrected chi connectivity index (χ1v) is 7.65. The molecule has 0 aliphatic carbocycles. The summed E-state index contributed by atoms with van der Waals surface area (Å²) in [6.07, 6.45) is 0.145. The molecule has 21 heavy (non-hydrogen) atoms. The van der Waals surface area contributed by atoms with Crippen LogP contribution in [0.15, 0.2) is 53.4 Å². The molecule has 0 spiro atoms. The fourth-order valence-corrected chi connectivity index (χ4v) is 3.29. The molecule has 0 bridgehead atoms. The van der Waals surface area contributed by atoms with Crippen LogP contribution >= 0.6 is 23.4 Å². The molecule has 0 fully saturated rings. The van der Waals surface area contributed by atoms with E-state index in [1.807, 2.05) is 12.1 Å². The van der Waals surface area contributed by atoms with Gasteiger partial charge < -0.3 is 4.74 Å². The minimum atomic E-state index is -0.490. The maximum atomic E-state index is 12.2. The number of thioether (sulfide) groups is 1. The molecular weight excluding hydrogens is 308 g/mol. The summed E-state index contributed by atoms with van der Waals surface area (Å²) < 4.78 is 5.31. The topological polar surface area (TPSA) is 43.4 Å². The Kier molecular flexibility index (Phi) is 3.99. The first-order valence-electron chi connectivity index (χ1n) is 6.39. The van der Waals surface area contributed by atoms with Gasteiger partial charge in [-0.3, -0.25) is 4.79 Å². The quantitative estimate of drug-likeness (QED) is 0.628. The lowest BCUT2D eigenvalue weighted by molar-refractivity contribution is 0.0428. The van der Waals surface area contributed by atoms with Crippen LogP contribution in [-0.2, 0) is 4.74 Å². The summed E-state index contributed by atoms with van der Waals surface area (Å²) >= 11 is 7.20. The van der Waals surface area contributed by atoms with Crippen molar-refractivity contribution >= 4 is 35.1 Å². The van der Waals surface area contributed by atoms with Crippen molar-refractivity contribution in [3.63, 3.8) is 0 Å². The van der Waals surface area contributed by atoms with Gasteiger partial charge in [0.15, 0.2) is 11.2 Å². The predicted octanol–water partition coefficient (Wildman–Crippen LogP) is 4.20. The highest BCUT2D eigenvalue weighted by atomic mass is 35.5. The van der Waals surface area contributed by atoms with Gasteiger partial charge in [0.05, 0.1) is 12.0 Å². The molecule has 0 saturated carbocycles. The van der Waals surface area contributed by atoms with Crippen molar-refractivity contribution < 1.29 is 14.3 Å². The molecule has 1 aliphatic rings. The standard InChI is InChI=1S/C16H11ClO3S/c17-11-7-5-10(6-8-11)13(18)9-15-20-16(19)12-3-1-2-4-14(12)21-15/h1-8,15H,9H2. The summed E-state index contributed by atoms with van der Waals surface area (Å²) in [7, 11) is 0. The normalized spacial score (nSPS) is 17.0. The Bertz CT molecular complexity index is 697. The first-order chi connectivity index (χ1) is 10.1. The minimum absolute atomic E-state index is 0.0728. The number of ketones is 1. The number of fused-ring (bicyclic) bond motifs is 1. The molecule has 1 unspecified atom stereocenters. The predicted molar refractivity (Wildman–Crippen MR) is 81.9 cm³/mol. The maximum Gasteiger partial charge on any atom is 0.340 e. The van der Waals surface area contributed by atoms with Crippen LogP contribution < -0.4 is 0 Å². The third-order valence-electron chi connectivity index (χ3n) is 3.12. The van der Waals surface area contributed by atoms with Gasteiger partial charge in [-0.1, -0.05) is 35.5 Å². The van der Waals surface area contributed by atoms with E-state index in [0.717, 1.165) is 4.90 Å². The molecule has 2 aromatic rings. The van der Waals surface area contributed by atoms with Gasteiger partial charge in [0.1, 0.15) is 0 Å². The molecule has 1 atom stereocenters. The fourth-order valence-electron chi connectivity index (χ4n) is 2.07. The molecule has 3 nitrogen and oxygen atoms in total. The molecule has 1 aliphatic heterocycles. The molecular formula is C16H11ClO3S. The van der Waals surface area contributed by atoms with Crippen LogP contribution in [0.3, 0.4) is 0 Å². The monoisotopic (exact) mass is 318 g/mol. The van der Waals surface area contributed by atoms with Crippen molar-refractivity contribution in [2.45, 2.75) is 16.8 Å². The van der Waals surface area contributed by atoms with Crippen LogP contribution in [0.2, 0.25) is 5.02 Å². The van der Waals surface area contributed by atoms with Crippen LogP contribution in [0.4, 0.5) is 0 Å². The summed E-state index contributed by atoms with van der Waals surface area (Å²) in [6, 6.07) is 13.9. The summed E-state index contributed by atoms with van der Waals surface area (Å²) in [6.45, 7) is 0. The first kappa shape index (κ1) is 14.2. The van der Waals surface area contributed by atoms with E-state index in [4.69, 9.17) is 16.3 Å². The van der Waals surface area contributed by atoms with E-state index < -0.39 is 5.44 Å². The Morgan fingerprint density at radius 3 is 2.62 bits per heavy atom. The lowest BCUT2D eigenvalue weighted by atomic mass is 10.1. The lowest BCUT2D eigenvalue weighted by Gasteiger charge is -2.23. The van der Waals surface area contributed by atoms with Crippen LogP contribution in [0.5, 0.6) is 0 Å². The third kappa shape index (κ3) is 3.12. The number of carbonyl (C=O) groups excluding carboxylic acids is 2. The van der Waals surface area contributed by atoms with Crippen molar-refractivity contribution in [1.29, 1.82) is 0 Å². The zero-order valence-corrected chi connectivity index (χ0v) is 12.5. The van der Waals surface area contributed by atoms with E-state index in [1.54, 1.807) is 36.4 Å². The summed E-state index contributed by atoms with van der Waals surface area (Å²) in [5.41, 5.74) is 0.628. The smallest absolute Gasteiger partial charge is 0.340 e. The Morgan fingerprint density at radius 2 is 1.86 bits per heavy atom. The Balaban J connectivity index is 1.73. The second kappa shape index (κ2) is 5.92. The van der Waals surface area contributed by atoms with Gasteiger partial charge in [0.2, 0.25) is 0 Å². The van der Waals surface area contributed by atoms with Crippen LogP contribution in [0, 0.1) is 0 Å². The average Bonchev–Trinajstić information content (AvgIpc) is 2.48. The number of Topliss-reactive ketones (excluding diaryl/α,β-unsaturated/α-hetero) is 1. The van der Waals surface area contributed by atoms with E-state index in [1.165, 1.54) is 11.8 Å². The van der Waals surface area contributed by atoms with Crippen LogP contribution in [0.25, 0.3) is 0 Å². The largest absolute Gasteiger partial charge is 0.447 e. The highest BCUT2D eigenvalue weighted by Gasteiger charge is 2.28. The Morgan fingerprint density at radius 1 is 1.14 bits per heavy atom. The number of carbonyl (C=O) groups is 2. The number of hydrogen-bond acceptors (Lipinski definition) is 4. The van der Waals surface area contributed by atoms with E-state index in [9.17, 15) is 9.59 Å². The summed E-state index contributed by atoms with van der Waals surface area (Å²) in [4.78, 5) is 24.9. The van der Waals surface area contributed by atoms with E-state index in [-0.39, 0.29) is 18.2 Å². The van der Waals surface area contributed by atoms with Crippen molar-refractivity contribution in [3.05, 3.63) is 64.7 Å². The number of cyclic esters (lactones) is 1. The van der Waals surface area contributed by atoms with E-state index in [0.29, 0.717) is 16.1 Å². The number of rotatable bonds is 3. The van der Waals surface area contributed by atoms with Gasteiger partial charge in [-0.05, 0) is 36.4 Å². The Hall–Kier alpha value is -1.78. The number of ether oxygens (including phenoxy) is 1. The summed E-state index contributed by atoms with van der Waals surface area (Å²) in [5, 5.41) is 0.582. The van der Waals surface area contributed by atoms with E-state index in [2.05, 4.69) is 0 Å². The van der Waals surface area contributed by atoms with Gasteiger partial charge in [-0.25, -0.2) is 4.79 Å². The SMILES string of the molecule is O=C(CC1OC(=O)c2ccccc2S1)c1ccc(Cl)cc1. The van der Waals surface area contributed by atoms with Crippen molar-refractivity contribution in [1.82, 2.24) is 0 Å². The second-order valence-electron chi connectivity index (χ2n) is 4.58. The fraction of sp³-hybridized carbons (Fsp3) is 0.125. The molecule has 0 N–H and O–H groups in total. The zero-order chi connectivity index (χ0) is 14.8. The molecule has 5 heteroatoms. The molecule has 3 rings (SSSR count). The molecule has 2 aromatic carbocycles. The second-order valence-corrected chi connectivity index (χ2v) is 6.22. The van der Waals surface area contributed by atoms with Gasteiger partial charge >= 0.3 is 5.97 Å². The average molecular weight is 319 g/mol. The van der Waals surface area contributed by atoms with Gasteiger partial charge in [-0.15, -0.1) is 0 Å². The van der Waals surface area contributed by atoms with Gasteiger partial charge in [0, 0.05) is 15.5 Å². The molecule has 0 amide bonds. The van der Waals surface area contributed by atoms with Gasteiger partial charge in [-0.2, -0.15) is 0 Å². The van der Waals surface area contributed by atoms with Crippen molar-refractivity contribution in [2.75, 3.05) is 0 Å². The molecule has 106 valence electrons. The number of benzene rings is 2. The Labute approximate surface area is 131 Å². The number of halogens is 1. The maximum absolute atomic E-state index is 12.2. The number of esters is 1. The van der Waals surface area contributed by atoms with Crippen LogP contribution in [0.1, 0.15) is 27.1 Å². The van der Waals surface area contributed by atoms with Crippen molar-refractivity contribution in [3.8, 4) is 0 Å². The zero-order valence-electron chi connectivity index (χ0n) is 10.9. The molecule has 0 radical (unpaired) electrons. The summed E-state index contributed by atoms with van der Waals surface area (Å²) in [5.74, 6) is -0.449. The molecule has 0 aromatic heterocycles. The van der Waals surface area contributed by atoms with Crippen molar-refractivity contribution in [2.24, 2.45) is 0 Å². The highest BCUT2D eigenvalue weighted by Crippen LogP contribution is 2.35. The highest BCUT2D eigenvalue weighted by molar-refractivity contribution is 8.00. The lowest BCUT2D eigenvalue weighted by Crippen LogP contribution is -2.23. The van der Waals surface area contributed by atoms with Gasteiger partial charge in [0.25, 0.3) is 0 Å². The van der Waals surface area contributed by atoms with E-state index >= 15 is 0 Å². The molecule has 0 saturated heterocycles. The number of hydrogen-bond donors (Lipinski definition) is 0. The molecule has 1 heterocycles.